The van der Waals surface area contributed by atoms with Crippen LogP contribution in [0.25, 0.3) is 0 Å². The molecule has 2 unspecified atom stereocenters. The van der Waals surface area contributed by atoms with Gasteiger partial charge in [0.25, 0.3) is 0 Å². The van der Waals surface area contributed by atoms with Gasteiger partial charge in [-0.05, 0) is 49.1 Å². The summed E-state index contributed by atoms with van der Waals surface area (Å²) in [5, 5.41) is 0. The monoisotopic (exact) mass is 540 g/mol. The summed E-state index contributed by atoms with van der Waals surface area (Å²) in [7, 11) is 3.23. The van der Waals surface area contributed by atoms with Crippen LogP contribution in [0.4, 0.5) is 0 Å². The standard InChI is InChI=1S/C23H26Br2O5/c1-26-20-21(29-15-18-11-7-4-8-12-18)23(13-19(24)25,30-22(20)27-2)16-28-14-17-9-5-3-6-10-17/h3-13,20-22H,14-16H2,1-2H3/t20?,21?,22-,23-/m1/s1. The zero-order chi connectivity index (χ0) is 21.4. The van der Waals surface area contributed by atoms with Crippen molar-refractivity contribution < 1.29 is 23.7 Å². The lowest BCUT2D eigenvalue weighted by Gasteiger charge is -2.32. The van der Waals surface area contributed by atoms with Gasteiger partial charge in [-0.3, -0.25) is 0 Å². The third-order valence-corrected chi connectivity index (χ3v) is 5.41. The van der Waals surface area contributed by atoms with Gasteiger partial charge in [0.2, 0.25) is 0 Å². The van der Waals surface area contributed by atoms with Crippen molar-refractivity contribution in [2.24, 2.45) is 0 Å². The molecule has 0 amide bonds. The molecule has 5 nitrogen and oxygen atoms in total. The second kappa shape index (κ2) is 11.5. The summed E-state index contributed by atoms with van der Waals surface area (Å²) in [4.78, 5) is 0. The largest absolute Gasteiger partial charge is 0.373 e. The van der Waals surface area contributed by atoms with E-state index in [9.17, 15) is 0 Å². The predicted octanol–water partition coefficient (Wildman–Crippen LogP) is 5.18. The van der Waals surface area contributed by atoms with Gasteiger partial charge in [-0.15, -0.1) is 0 Å². The number of methoxy groups -OCH3 is 2. The molecule has 1 fully saturated rings. The number of ether oxygens (including phenoxy) is 5. The summed E-state index contributed by atoms with van der Waals surface area (Å²) in [5.74, 6) is 0. The SMILES string of the molecule is COC1C(OCc2ccccc2)[C@@](C=C(Br)Br)(COCc2ccccc2)O[C@H]1OC. The molecule has 0 aromatic heterocycles. The van der Waals surface area contributed by atoms with Gasteiger partial charge in [-0.25, -0.2) is 0 Å². The molecule has 1 aliphatic rings. The summed E-state index contributed by atoms with van der Waals surface area (Å²) < 4.78 is 30.8. The molecule has 0 saturated carbocycles. The summed E-state index contributed by atoms with van der Waals surface area (Å²) in [6, 6.07) is 20.0. The van der Waals surface area contributed by atoms with Gasteiger partial charge in [0.1, 0.15) is 17.8 Å². The van der Waals surface area contributed by atoms with Crippen molar-refractivity contribution in [2.45, 2.75) is 37.3 Å². The molecule has 1 heterocycles. The molecule has 0 radical (unpaired) electrons. The molecular formula is C23H26Br2O5. The number of hydrogen-bond donors (Lipinski definition) is 0. The fraction of sp³-hybridized carbons (Fsp3) is 0.391. The number of benzene rings is 2. The maximum absolute atomic E-state index is 6.35. The van der Waals surface area contributed by atoms with Crippen LogP contribution < -0.4 is 0 Å². The summed E-state index contributed by atoms with van der Waals surface area (Å²) in [6.07, 6.45) is 0.438. The minimum Gasteiger partial charge on any atom is -0.373 e. The van der Waals surface area contributed by atoms with E-state index in [1.54, 1.807) is 14.2 Å². The molecule has 0 spiro atoms. The maximum atomic E-state index is 6.35. The van der Waals surface area contributed by atoms with Gasteiger partial charge >= 0.3 is 0 Å². The van der Waals surface area contributed by atoms with E-state index in [-0.39, 0.29) is 6.61 Å². The fourth-order valence-corrected chi connectivity index (χ4v) is 4.32. The Morgan fingerprint density at radius 2 is 1.53 bits per heavy atom. The zero-order valence-electron chi connectivity index (χ0n) is 17.0. The van der Waals surface area contributed by atoms with Crippen LogP contribution >= 0.6 is 31.9 Å². The van der Waals surface area contributed by atoms with Crippen LogP contribution in [-0.4, -0.2) is 44.9 Å². The molecule has 7 heteroatoms. The molecule has 2 aromatic carbocycles. The summed E-state index contributed by atoms with van der Waals surface area (Å²) in [5.41, 5.74) is 1.24. The lowest BCUT2D eigenvalue weighted by atomic mass is 9.95. The highest BCUT2D eigenvalue weighted by molar-refractivity contribution is 9.28. The van der Waals surface area contributed by atoms with E-state index >= 15 is 0 Å². The van der Waals surface area contributed by atoms with E-state index < -0.39 is 24.1 Å². The van der Waals surface area contributed by atoms with Gasteiger partial charge in [0.05, 0.1) is 23.2 Å². The van der Waals surface area contributed by atoms with Crippen LogP contribution in [0.3, 0.4) is 0 Å². The second-order valence-corrected chi connectivity index (χ2v) is 9.78. The van der Waals surface area contributed by atoms with E-state index in [1.165, 1.54) is 0 Å². The van der Waals surface area contributed by atoms with Crippen LogP contribution in [0, 0.1) is 0 Å². The smallest absolute Gasteiger partial charge is 0.187 e. The second-order valence-electron chi connectivity index (χ2n) is 7.01. The van der Waals surface area contributed by atoms with E-state index in [0.717, 1.165) is 14.5 Å². The Balaban J connectivity index is 1.82. The Kier molecular flexibility index (Phi) is 9.07. The van der Waals surface area contributed by atoms with Crippen molar-refractivity contribution >= 4 is 31.9 Å². The highest BCUT2D eigenvalue weighted by Gasteiger charge is 2.56. The van der Waals surface area contributed by atoms with Crippen LogP contribution in [-0.2, 0) is 36.9 Å². The van der Waals surface area contributed by atoms with Gasteiger partial charge in [0, 0.05) is 14.2 Å². The normalized spacial score (nSPS) is 25.9. The Labute approximate surface area is 194 Å². The van der Waals surface area contributed by atoms with Crippen LogP contribution in [0.2, 0.25) is 0 Å². The number of hydrogen-bond acceptors (Lipinski definition) is 5. The quantitative estimate of drug-likeness (QED) is 0.415. The molecule has 0 aliphatic carbocycles. The van der Waals surface area contributed by atoms with E-state index in [4.69, 9.17) is 23.7 Å². The van der Waals surface area contributed by atoms with Crippen molar-refractivity contribution in [3.8, 4) is 0 Å². The van der Waals surface area contributed by atoms with E-state index in [2.05, 4.69) is 31.9 Å². The average Bonchev–Trinajstić information content (AvgIpc) is 3.05. The first-order chi connectivity index (χ1) is 14.6. The Morgan fingerprint density at radius 1 is 0.933 bits per heavy atom. The molecule has 1 aliphatic heterocycles. The van der Waals surface area contributed by atoms with Crippen molar-refractivity contribution in [3.05, 3.63) is 81.3 Å². The van der Waals surface area contributed by atoms with Gasteiger partial charge in [0.15, 0.2) is 6.29 Å². The minimum absolute atomic E-state index is 0.266. The molecule has 0 N–H and O–H groups in total. The van der Waals surface area contributed by atoms with Crippen LogP contribution in [0.15, 0.2) is 70.1 Å². The number of halogens is 2. The highest BCUT2D eigenvalue weighted by Crippen LogP contribution is 2.39. The first-order valence-electron chi connectivity index (χ1n) is 9.62. The summed E-state index contributed by atoms with van der Waals surface area (Å²) >= 11 is 6.94. The Bertz CT molecular complexity index is 798. The first-order valence-corrected chi connectivity index (χ1v) is 11.2. The van der Waals surface area contributed by atoms with Gasteiger partial charge < -0.3 is 23.7 Å². The highest BCUT2D eigenvalue weighted by atomic mass is 79.9. The van der Waals surface area contributed by atoms with Crippen LogP contribution in [0.1, 0.15) is 11.1 Å². The lowest BCUT2D eigenvalue weighted by molar-refractivity contribution is -0.182. The molecule has 30 heavy (non-hydrogen) atoms. The van der Waals surface area contributed by atoms with Crippen molar-refractivity contribution in [2.75, 3.05) is 20.8 Å². The Morgan fingerprint density at radius 3 is 2.07 bits per heavy atom. The van der Waals surface area contributed by atoms with Crippen molar-refractivity contribution in [1.29, 1.82) is 0 Å². The molecule has 1 saturated heterocycles. The van der Waals surface area contributed by atoms with Gasteiger partial charge in [-0.1, -0.05) is 60.7 Å². The van der Waals surface area contributed by atoms with E-state index in [1.807, 2.05) is 66.7 Å². The predicted molar refractivity (Wildman–Crippen MR) is 122 cm³/mol. The first kappa shape index (κ1) is 23.6. The lowest BCUT2D eigenvalue weighted by Crippen LogP contribution is -2.47. The third kappa shape index (κ3) is 6.01. The fourth-order valence-electron chi connectivity index (χ4n) is 3.55. The molecule has 4 atom stereocenters. The van der Waals surface area contributed by atoms with Gasteiger partial charge in [-0.2, -0.15) is 0 Å². The molecule has 0 bridgehead atoms. The molecule has 162 valence electrons. The van der Waals surface area contributed by atoms with Crippen molar-refractivity contribution in [1.82, 2.24) is 0 Å². The number of rotatable bonds is 10. The Hall–Kier alpha value is -1.06. The van der Waals surface area contributed by atoms with Crippen molar-refractivity contribution in [3.63, 3.8) is 0 Å². The molecule has 3 rings (SSSR count). The third-order valence-electron chi connectivity index (χ3n) is 4.95. The topological polar surface area (TPSA) is 46.2 Å². The molecular weight excluding hydrogens is 516 g/mol. The van der Waals surface area contributed by atoms with E-state index in [0.29, 0.717) is 13.2 Å². The average molecular weight is 542 g/mol. The minimum atomic E-state index is -0.909. The summed E-state index contributed by atoms with van der Waals surface area (Å²) in [6.45, 7) is 1.14. The molecule has 2 aromatic rings. The maximum Gasteiger partial charge on any atom is 0.187 e. The zero-order valence-corrected chi connectivity index (χ0v) is 20.2. The van der Waals surface area contributed by atoms with Crippen LogP contribution in [0.5, 0.6) is 0 Å².